The van der Waals surface area contributed by atoms with Gasteiger partial charge in [-0.15, -0.1) is 22.7 Å². The molecular weight excluding hydrogens is 1840 g/mol. The molecule has 0 spiro atoms. The van der Waals surface area contributed by atoms with Crippen molar-refractivity contribution in [2.45, 2.75) is 171 Å². The average molecular weight is 1950 g/mol. The van der Waals surface area contributed by atoms with E-state index in [9.17, 15) is 18.4 Å². The molecule has 0 fully saturated rings. The minimum Gasteiger partial charge on any atom is -0.497 e. The summed E-state index contributed by atoms with van der Waals surface area (Å²) in [5, 5.41) is 11.8. The van der Waals surface area contributed by atoms with Crippen molar-refractivity contribution in [3.05, 3.63) is 389 Å². The first kappa shape index (κ1) is 101. The third-order valence-electron chi connectivity index (χ3n) is 22.9. The summed E-state index contributed by atoms with van der Waals surface area (Å²) in [5.74, 6) is 4.31. The summed E-state index contributed by atoms with van der Waals surface area (Å²) in [6, 6.07) is 88.8. The number of rotatable bonds is 16. The Bertz CT molecular complexity index is 6890. The Morgan fingerprint density at radius 3 is 1.59 bits per heavy atom. The number of Topliss-reactive ketones (excluding diaryl/α,β-unsaturated/α-hetero) is 1. The molecule has 692 valence electrons. The second-order valence-corrected chi connectivity index (χ2v) is 41.0. The lowest BCUT2D eigenvalue weighted by molar-refractivity contribution is 0.0988. The third-order valence-corrected chi connectivity index (χ3v) is 28.5. The number of oxazole rings is 1. The van der Waals surface area contributed by atoms with Crippen LogP contribution in [-0.4, -0.2) is 55.0 Å². The molecule has 5 aromatic heterocycles. The summed E-state index contributed by atoms with van der Waals surface area (Å²) in [7, 11) is 5.79. The maximum Gasteiger partial charge on any atom is 0.227 e. The van der Waals surface area contributed by atoms with Crippen LogP contribution in [0.25, 0.3) is 71.8 Å². The van der Waals surface area contributed by atoms with Crippen molar-refractivity contribution in [1.82, 2.24) is 29.3 Å². The summed E-state index contributed by atoms with van der Waals surface area (Å²) in [5.41, 5.74) is 24.1. The van der Waals surface area contributed by atoms with Crippen LogP contribution in [0.15, 0.2) is 315 Å². The summed E-state index contributed by atoms with van der Waals surface area (Å²) >= 11 is 30.6. The van der Waals surface area contributed by atoms with E-state index >= 15 is 0 Å². The molecule has 19 rings (SSSR count). The molecule has 0 bridgehead atoms. The van der Waals surface area contributed by atoms with Crippen LogP contribution in [0, 0.1) is 18.6 Å². The summed E-state index contributed by atoms with van der Waals surface area (Å²) < 4.78 is 40.8. The van der Waals surface area contributed by atoms with Gasteiger partial charge in [0.05, 0.1) is 46.9 Å². The van der Waals surface area contributed by atoms with E-state index in [1.54, 1.807) is 94.8 Å². The van der Waals surface area contributed by atoms with Crippen molar-refractivity contribution < 1.29 is 27.5 Å². The Labute approximate surface area is 829 Å². The van der Waals surface area contributed by atoms with Gasteiger partial charge in [-0.1, -0.05) is 276 Å². The van der Waals surface area contributed by atoms with E-state index in [4.69, 9.17) is 60.5 Å². The van der Waals surface area contributed by atoms with Crippen molar-refractivity contribution >= 4 is 127 Å². The molecule has 0 radical (unpaired) electrons. The average Bonchev–Trinajstić information content (AvgIpc) is 1.75. The SMILES string of the molecule is CC(C)c1ccc2c(c1)CC(=O)c1ccccc1S2.CC(C)c1ccc2oc(-c3ccc(F)cc3)nc2c1.CC(C)c1csc(-c2ccc(Cl)cc2)n1.CC(C)c1nn(-c2ccc(F)cc2)cc1-c1ccc(Cl)cc1.CC(C)c1sc(-c2ccccc2)nc1-c1ccc(Cl)cc1.COc1ccc2c(c1)Sc1ccc(C(C)C)cc1N2C.Cc1cc(C(C)C)n(C)c1C(=O)c1ccc(Cl)cc1. The fraction of sp³-hybridized carbons (Fsp3) is 0.228. The summed E-state index contributed by atoms with van der Waals surface area (Å²) in [6.07, 6.45) is 2.49. The highest BCUT2D eigenvalue weighted by Crippen LogP contribution is 2.50. The topological polar surface area (TPSA) is 121 Å². The number of nitrogens with zero attached hydrogens (tertiary/aromatic N) is 7. The Balaban J connectivity index is 0.000000134. The van der Waals surface area contributed by atoms with Crippen LogP contribution in [0.3, 0.4) is 0 Å². The van der Waals surface area contributed by atoms with E-state index in [2.05, 4.69) is 196 Å². The number of anilines is 2. The van der Waals surface area contributed by atoms with Crippen molar-refractivity contribution in [3.8, 4) is 66.4 Å². The number of thiazole rings is 2. The lowest BCUT2D eigenvalue weighted by atomic mass is 9.97. The summed E-state index contributed by atoms with van der Waals surface area (Å²) in [4.78, 5) is 47.3. The van der Waals surface area contributed by atoms with E-state index in [1.165, 1.54) is 83.2 Å². The van der Waals surface area contributed by atoms with E-state index in [0.717, 1.165) is 115 Å². The second kappa shape index (κ2) is 46.4. The van der Waals surface area contributed by atoms with Gasteiger partial charge < -0.3 is 18.6 Å². The van der Waals surface area contributed by atoms with Gasteiger partial charge in [0.15, 0.2) is 11.4 Å². The first-order chi connectivity index (χ1) is 64.6. The monoisotopic (exact) mass is 1950 g/mol. The molecule has 17 aromatic rings. The third kappa shape index (κ3) is 25.8. The molecule has 135 heavy (non-hydrogen) atoms. The number of fused-ring (bicyclic) bond motifs is 5. The van der Waals surface area contributed by atoms with Crippen LogP contribution >= 0.6 is 92.6 Å². The number of aromatic nitrogens is 6. The normalized spacial score (nSPS) is 11.8. The fourth-order valence-corrected chi connectivity index (χ4v) is 20.0. The number of carbonyl (C=O) groups is 2. The van der Waals surface area contributed by atoms with E-state index in [-0.39, 0.29) is 29.1 Å². The van der Waals surface area contributed by atoms with Crippen LogP contribution in [0.4, 0.5) is 20.2 Å². The number of ether oxygens (including phenoxy) is 1. The molecule has 2 aliphatic rings. The predicted molar refractivity (Wildman–Crippen MR) is 564 cm³/mol. The molecular formula is C114H111Cl4F2N7O4S4. The summed E-state index contributed by atoms with van der Waals surface area (Å²) in [6.45, 7) is 32.3. The molecule has 11 nitrogen and oxygen atoms in total. The smallest absolute Gasteiger partial charge is 0.227 e. The molecule has 0 atom stereocenters. The molecule has 0 saturated heterocycles. The van der Waals surface area contributed by atoms with Gasteiger partial charge in [0, 0.05) is 121 Å². The molecule has 2 aliphatic heterocycles. The van der Waals surface area contributed by atoms with Crippen molar-refractivity contribution in [3.63, 3.8) is 0 Å². The quantitative estimate of drug-likeness (QED) is 0.0860. The van der Waals surface area contributed by atoms with Crippen LogP contribution in [0.1, 0.15) is 215 Å². The number of hydrogen-bond acceptors (Lipinski definition) is 13. The Morgan fingerprint density at radius 2 is 1.01 bits per heavy atom. The lowest BCUT2D eigenvalue weighted by Gasteiger charge is -2.30. The zero-order valence-electron chi connectivity index (χ0n) is 79.1. The number of halogens is 6. The molecule has 0 unspecified atom stereocenters. The highest BCUT2D eigenvalue weighted by atomic mass is 35.5. The zero-order valence-corrected chi connectivity index (χ0v) is 85.4. The molecule has 0 amide bonds. The Hall–Kier alpha value is -11.5. The predicted octanol–water partition coefficient (Wildman–Crippen LogP) is 35.1. The van der Waals surface area contributed by atoms with Gasteiger partial charge in [0.1, 0.15) is 32.9 Å². The van der Waals surface area contributed by atoms with E-state index in [0.29, 0.717) is 63.4 Å². The highest BCUT2D eigenvalue weighted by Gasteiger charge is 2.26. The van der Waals surface area contributed by atoms with Crippen molar-refractivity contribution in [2.75, 3.05) is 19.1 Å². The first-order valence-electron chi connectivity index (χ1n) is 45.1. The number of aryl methyl sites for hydroxylation is 1. The highest BCUT2D eigenvalue weighted by molar-refractivity contribution is 8.00. The van der Waals surface area contributed by atoms with Crippen LogP contribution in [0.5, 0.6) is 5.75 Å². The van der Waals surface area contributed by atoms with E-state index < -0.39 is 0 Å². The minimum atomic E-state index is -0.262. The van der Waals surface area contributed by atoms with Gasteiger partial charge >= 0.3 is 0 Å². The largest absolute Gasteiger partial charge is 0.497 e. The molecule has 0 N–H and O–H groups in total. The van der Waals surface area contributed by atoms with Gasteiger partial charge in [-0.3, -0.25) is 9.59 Å². The van der Waals surface area contributed by atoms with Crippen LogP contribution in [-0.2, 0) is 13.5 Å². The fourth-order valence-electron chi connectivity index (χ4n) is 15.2. The zero-order chi connectivity index (χ0) is 96.6. The van der Waals surface area contributed by atoms with Crippen molar-refractivity contribution in [1.29, 1.82) is 0 Å². The number of ketones is 2. The van der Waals surface area contributed by atoms with Gasteiger partial charge in [-0.25, -0.2) is 28.4 Å². The van der Waals surface area contributed by atoms with Gasteiger partial charge in [-0.2, -0.15) is 5.10 Å². The number of benzene rings is 12. The first-order valence-corrected chi connectivity index (χ1v) is 49.9. The number of hydrogen-bond donors (Lipinski definition) is 0. The molecule has 7 heterocycles. The second-order valence-electron chi connectivity index (χ2n) is 35.2. The minimum absolute atomic E-state index is 0.0450. The van der Waals surface area contributed by atoms with Crippen LogP contribution in [0.2, 0.25) is 20.1 Å². The van der Waals surface area contributed by atoms with Crippen molar-refractivity contribution in [2.24, 2.45) is 7.05 Å². The Kier molecular flexibility index (Phi) is 34.7. The Morgan fingerprint density at radius 1 is 0.467 bits per heavy atom. The van der Waals surface area contributed by atoms with Gasteiger partial charge in [-0.05, 0) is 252 Å². The molecule has 0 aliphatic carbocycles. The standard InChI is InChI=1S/C18H16ClFN2.C18H16ClNS.C17H19NOS.C17H16OS.C16H18ClNO.C16H14FNO.C12H12ClNS/c1-12(2)18-17(13-3-5-14(19)6-4-13)11-22(21-18)16-9-7-15(20)8-10-16;1-12(2)17-16(13-8-10-15(19)11-9-13)20-18(21-17)14-6-4-3-5-7-14;1-11(2)12-5-8-16-15(9-12)18(3)14-7-6-13(19-4)10-17(14)20-16;1-11(2)12-7-8-16-13(9-12)10-15(18)14-5-3-4-6-17(14)19-16;1-10(2)14-9-11(3)15(18(14)4)16(19)12-5-7-13(17)8-6-12;1-10(2)12-5-8-15-14(9-12)18-16(19-15)11-3-6-13(17)7-4-11;1-8(2)11-7-15-12(14-11)9-3-5-10(13)6-4-9/h3-12H,1-2H3;3-12H,1-2H3;5-11H,1-4H3;3-9,11H,10H2,1-2H3;5-10H,1-4H3;3-10H,1-2H3;3-8H,1-2H3. The maximum atomic E-state index is 13.1. The van der Waals surface area contributed by atoms with E-state index in [1.807, 2.05) is 176 Å². The van der Waals surface area contributed by atoms with Crippen LogP contribution < -0.4 is 9.64 Å². The molecule has 12 aromatic carbocycles. The molecule has 21 heteroatoms. The number of methoxy groups -OCH3 is 1. The molecule has 0 saturated carbocycles. The van der Waals surface area contributed by atoms with Gasteiger partial charge in [0.2, 0.25) is 11.7 Å². The maximum absolute atomic E-state index is 13.1. The lowest BCUT2D eigenvalue weighted by Crippen LogP contribution is -2.15. The van der Waals surface area contributed by atoms with Gasteiger partial charge in [0.25, 0.3) is 0 Å². The number of carbonyl (C=O) groups excluding carboxylic acids is 2.